The average Bonchev–Trinajstić information content (AvgIpc) is 2.64. The van der Waals surface area contributed by atoms with Crippen molar-refractivity contribution in [3.8, 4) is 0 Å². The highest BCUT2D eigenvalue weighted by Gasteiger charge is 2.31. The Hall–Kier alpha value is -1.58. The van der Waals surface area contributed by atoms with Gasteiger partial charge in [0.1, 0.15) is 16.5 Å². The van der Waals surface area contributed by atoms with E-state index in [9.17, 15) is 22.0 Å². The Morgan fingerprint density at radius 2 is 1.82 bits per heavy atom. The van der Waals surface area contributed by atoms with Crippen LogP contribution >= 0.6 is 0 Å². The second-order valence-corrected chi connectivity index (χ2v) is 9.60. The fraction of sp³-hybridized carbons (Fsp3) is 0.632. The van der Waals surface area contributed by atoms with Crippen molar-refractivity contribution in [2.24, 2.45) is 5.92 Å². The minimum atomic E-state index is -4.03. The van der Waals surface area contributed by atoms with Gasteiger partial charge in [-0.1, -0.05) is 19.8 Å². The van der Waals surface area contributed by atoms with E-state index in [1.165, 1.54) is 10.7 Å². The summed E-state index contributed by atoms with van der Waals surface area (Å²) in [6.45, 7) is 3.47. The molecule has 28 heavy (non-hydrogen) atoms. The van der Waals surface area contributed by atoms with E-state index >= 15 is 0 Å². The number of carbonyl (C=O) groups excluding carboxylic acids is 1. The van der Waals surface area contributed by atoms with E-state index in [2.05, 4.69) is 12.2 Å². The van der Waals surface area contributed by atoms with Crippen LogP contribution in [0.25, 0.3) is 0 Å². The maximum atomic E-state index is 13.9. The Balaban J connectivity index is 1.53. The third-order valence-corrected chi connectivity index (χ3v) is 7.60. The number of hydrogen-bond donors (Lipinski definition) is 1. The number of hydrogen-bond acceptors (Lipinski definition) is 4. The number of nitrogens with zero attached hydrogens (tertiary/aromatic N) is 2. The van der Waals surface area contributed by atoms with Gasteiger partial charge in [0.25, 0.3) is 0 Å². The van der Waals surface area contributed by atoms with Crippen molar-refractivity contribution >= 4 is 15.9 Å². The molecular weight excluding hydrogens is 388 g/mol. The standard InChI is InChI=1S/C19H27F2N3O3S/c1-14-4-2-3-5-17(14)22-19(25)13-23-8-10-24(11-9-23)28(26,27)18-7-6-15(20)12-16(18)21/h6-7,12,14,17H,2-5,8-11,13H2,1H3,(H,22,25)/t14-,17+/m1/s1. The zero-order valence-corrected chi connectivity index (χ0v) is 16.9. The van der Waals surface area contributed by atoms with Gasteiger partial charge in [-0.25, -0.2) is 17.2 Å². The maximum absolute atomic E-state index is 13.9. The Labute approximate surface area is 164 Å². The van der Waals surface area contributed by atoms with Crippen LogP contribution < -0.4 is 5.32 Å². The molecule has 3 rings (SSSR count). The zero-order chi connectivity index (χ0) is 20.3. The van der Waals surface area contributed by atoms with Crippen molar-refractivity contribution in [1.29, 1.82) is 0 Å². The first-order chi connectivity index (χ1) is 13.3. The molecule has 2 atom stereocenters. The summed E-state index contributed by atoms with van der Waals surface area (Å²) in [5.74, 6) is -1.48. The Morgan fingerprint density at radius 3 is 2.46 bits per heavy atom. The van der Waals surface area contributed by atoms with E-state index in [4.69, 9.17) is 0 Å². The fourth-order valence-electron chi connectivity index (χ4n) is 3.94. The third kappa shape index (κ3) is 4.87. The predicted octanol–water partition coefficient (Wildman–Crippen LogP) is 1.97. The van der Waals surface area contributed by atoms with E-state index in [1.807, 2.05) is 4.90 Å². The van der Waals surface area contributed by atoms with Gasteiger partial charge in [0.05, 0.1) is 6.54 Å². The largest absolute Gasteiger partial charge is 0.352 e. The van der Waals surface area contributed by atoms with Crippen LogP contribution in [0.1, 0.15) is 32.6 Å². The molecule has 9 heteroatoms. The molecule has 1 saturated heterocycles. The van der Waals surface area contributed by atoms with Crippen molar-refractivity contribution in [1.82, 2.24) is 14.5 Å². The molecule has 1 amide bonds. The van der Waals surface area contributed by atoms with Crippen LogP contribution in [-0.2, 0) is 14.8 Å². The van der Waals surface area contributed by atoms with Gasteiger partial charge in [-0.15, -0.1) is 0 Å². The lowest BCUT2D eigenvalue weighted by molar-refractivity contribution is -0.123. The number of benzene rings is 1. The first-order valence-electron chi connectivity index (χ1n) is 9.74. The Bertz CT molecular complexity index is 811. The summed E-state index contributed by atoms with van der Waals surface area (Å²) >= 11 is 0. The van der Waals surface area contributed by atoms with E-state index in [1.54, 1.807) is 0 Å². The molecule has 1 aromatic carbocycles. The molecular formula is C19H27F2N3O3S. The van der Waals surface area contributed by atoms with Crippen LogP contribution in [0.2, 0.25) is 0 Å². The summed E-state index contributed by atoms with van der Waals surface area (Å²) in [7, 11) is -4.03. The number of sulfonamides is 1. The molecule has 0 unspecified atom stereocenters. The Morgan fingerprint density at radius 1 is 1.14 bits per heavy atom. The molecule has 156 valence electrons. The fourth-order valence-corrected chi connectivity index (χ4v) is 5.41. The topological polar surface area (TPSA) is 69.7 Å². The zero-order valence-electron chi connectivity index (χ0n) is 16.0. The average molecular weight is 416 g/mol. The van der Waals surface area contributed by atoms with Gasteiger partial charge in [0.15, 0.2) is 0 Å². The summed E-state index contributed by atoms with van der Waals surface area (Å²) in [6, 6.07) is 2.66. The predicted molar refractivity (Wildman–Crippen MR) is 101 cm³/mol. The quantitative estimate of drug-likeness (QED) is 0.798. The van der Waals surface area contributed by atoms with Gasteiger partial charge >= 0.3 is 0 Å². The molecule has 1 aliphatic heterocycles. The van der Waals surface area contributed by atoms with Gasteiger partial charge in [-0.3, -0.25) is 9.69 Å². The van der Waals surface area contributed by atoms with Crippen LogP contribution in [0.3, 0.4) is 0 Å². The van der Waals surface area contributed by atoms with E-state index in [0.717, 1.165) is 31.4 Å². The number of carbonyl (C=O) groups is 1. The van der Waals surface area contributed by atoms with E-state index < -0.39 is 26.6 Å². The van der Waals surface area contributed by atoms with E-state index in [0.29, 0.717) is 25.1 Å². The molecule has 0 spiro atoms. The van der Waals surface area contributed by atoms with Crippen molar-refractivity contribution in [3.63, 3.8) is 0 Å². The van der Waals surface area contributed by atoms with Crippen LogP contribution in [0.4, 0.5) is 8.78 Å². The molecule has 0 radical (unpaired) electrons. The lowest BCUT2D eigenvalue weighted by Gasteiger charge is -2.34. The van der Waals surface area contributed by atoms with Gasteiger partial charge in [0, 0.05) is 38.3 Å². The number of piperazine rings is 1. The Kier molecular flexibility index (Phi) is 6.67. The molecule has 1 aromatic rings. The molecule has 1 aliphatic carbocycles. The first-order valence-corrected chi connectivity index (χ1v) is 11.2. The first kappa shape index (κ1) is 21.1. The normalized spacial score (nSPS) is 24.8. The van der Waals surface area contributed by atoms with Crippen LogP contribution in [-0.4, -0.2) is 62.3 Å². The SMILES string of the molecule is C[C@@H]1CCCC[C@@H]1NC(=O)CN1CCN(S(=O)(=O)c2ccc(F)cc2F)CC1. The molecule has 1 saturated carbocycles. The minimum absolute atomic E-state index is 0.0420. The number of halogens is 2. The second-order valence-electron chi connectivity index (χ2n) is 7.69. The molecule has 1 N–H and O–H groups in total. The third-order valence-electron chi connectivity index (χ3n) is 5.67. The minimum Gasteiger partial charge on any atom is -0.352 e. The number of nitrogens with one attached hydrogen (secondary N) is 1. The number of rotatable bonds is 5. The summed E-state index contributed by atoms with van der Waals surface area (Å²) in [6.07, 6.45) is 4.47. The van der Waals surface area contributed by atoms with Crippen molar-refractivity contribution in [2.45, 2.75) is 43.5 Å². The van der Waals surface area contributed by atoms with Crippen LogP contribution in [0, 0.1) is 17.6 Å². The van der Waals surface area contributed by atoms with Gasteiger partial charge in [-0.2, -0.15) is 4.31 Å². The van der Waals surface area contributed by atoms with Crippen molar-refractivity contribution in [3.05, 3.63) is 29.8 Å². The van der Waals surface area contributed by atoms with Crippen molar-refractivity contribution < 1.29 is 22.0 Å². The molecule has 0 aromatic heterocycles. The summed E-state index contributed by atoms with van der Waals surface area (Å²) in [5.41, 5.74) is 0. The molecule has 2 fully saturated rings. The van der Waals surface area contributed by atoms with Gasteiger partial charge < -0.3 is 5.32 Å². The highest BCUT2D eigenvalue weighted by Crippen LogP contribution is 2.24. The van der Waals surface area contributed by atoms with Crippen LogP contribution in [0.15, 0.2) is 23.1 Å². The summed E-state index contributed by atoms with van der Waals surface area (Å²) in [5, 5.41) is 3.10. The number of amides is 1. The van der Waals surface area contributed by atoms with Crippen LogP contribution in [0.5, 0.6) is 0 Å². The van der Waals surface area contributed by atoms with Gasteiger partial charge in [-0.05, 0) is 30.9 Å². The molecule has 2 aliphatic rings. The van der Waals surface area contributed by atoms with Crippen molar-refractivity contribution in [2.75, 3.05) is 32.7 Å². The molecule has 1 heterocycles. The molecule has 0 bridgehead atoms. The smallest absolute Gasteiger partial charge is 0.246 e. The second kappa shape index (κ2) is 8.84. The van der Waals surface area contributed by atoms with Gasteiger partial charge in [0.2, 0.25) is 15.9 Å². The highest BCUT2D eigenvalue weighted by molar-refractivity contribution is 7.89. The summed E-state index contributed by atoms with van der Waals surface area (Å²) in [4.78, 5) is 13.7. The monoisotopic (exact) mass is 415 g/mol. The lowest BCUT2D eigenvalue weighted by atomic mass is 9.86. The molecule has 6 nitrogen and oxygen atoms in total. The van der Waals surface area contributed by atoms with E-state index in [-0.39, 0.29) is 31.6 Å². The maximum Gasteiger partial charge on any atom is 0.246 e. The highest BCUT2D eigenvalue weighted by atomic mass is 32.2. The lowest BCUT2D eigenvalue weighted by Crippen LogP contribution is -2.52. The summed E-state index contributed by atoms with van der Waals surface area (Å²) < 4.78 is 53.4.